The van der Waals surface area contributed by atoms with Gasteiger partial charge in [0.05, 0.1) is 12.7 Å². The minimum atomic E-state index is -0.347. The molecule has 0 saturated heterocycles. The van der Waals surface area contributed by atoms with E-state index in [1.165, 1.54) is 18.4 Å². The van der Waals surface area contributed by atoms with E-state index in [4.69, 9.17) is 17.0 Å². The minimum absolute atomic E-state index is 0.347. The van der Waals surface area contributed by atoms with Crippen LogP contribution in [0.5, 0.6) is 0 Å². The molecule has 0 aromatic heterocycles. The van der Waals surface area contributed by atoms with Crippen LogP contribution in [0, 0.1) is 6.92 Å². The number of nitrogens with one attached hydrogen (secondary N) is 2. The van der Waals surface area contributed by atoms with Crippen molar-refractivity contribution < 1.29 is 9.53 Å². The van der Waals surface area contributed by atoms with E-state index in [9.17, 15) is 4.79 Å². The topological polar surface area (TPSA) is 53.6 Å². The van der Waals surface area contributed by atoms with Crippen LogP contribution in [-0.4, -0.2) is 37.3 Å². The molecule has 2 aromatic carbocycles. The maximum atomic E-state index is 11.8. The molecule has 148 valence electrons. The van der Waals surface area contributed by atoms with Crippen molar-refractivity contribution in [1.82, 2.24) is 5.32 Å². The summed E-state index contributed by atoms with van der Waals surface area (Å²) in [5.74, 6) is -0.347. The first-order valence-electron chi connectivity index (χ1n) is 9.58. The van der Waals surface area contributed by atoms with Gasteiger partial charge in [0.25, 0.3) is 0 Å². The van der Waals surface area contributed by atoms with E-state index in [1.54, 1.807) is 6.07 Å². The lowest BCUT2D eigenvalue weighted by atomic mass is 10.1. The Labute approximate surface area is 172 Å². The van der Waals surface area contributed by atoms with Crippen LogP contribution in [0.15, 0.2) is 42.5 Å². The fraction of sp³-hybridized carbons (Fsp3) is 0.364. The van der Waals surface area contributed by atoms with E-state index in [1.807, 2.05) is 19.1 Å². The highest BCUT2D eigenvalue weighted by molar-refractivity contribution is 7.80. The number of nitrogens with zero attached hydrogens (tertiary/aromatic N) is 1. The third-order valence-corrected chi connectivity index (χ3v) is 5.44. The molecule has 0 aliphatic carbocycles. The number of hydrogen-bond donors (Lipinski definition) is 2. The number of carbonyl (C=O) groups excluding carboxylic acids is 1. The van der Waals surface area contributed by atoms with Gasteiger partial charge in [-0.15, -0.1) is 0 Å². The Morgan fingerprint density at radius 2 is 2.04 bits per heavy atom. The molecule has 6 heteroatoms. The van der Waals surface area contributed by atoms with Crippen LogP contribution in [0.4, 0.5) is 11.4 Å². The van der Waals surface area contributed by atoms with Crippen LogP contribution in [-0.2, 0) is 11.2 Å². The van der Waals surface area contributed by atoms with Crippen LogP contribution in [0.1, 0.15) is 34.8 Å². The van der Waals surface area contributed by atoms with Gasteiger partial charge in [-0.1, -0.05) is 24.3 Å². The first-order chi connectivity index (χ1) is 13.5. The summed E-state index contributed by atoms with van der Waals surface area (Å²) in [5.41, 5.74) is 4.95. The van der Waals surface area contributed by atoms with Crippen LogP contribution in [0.3, 0.4) is 0 Å². The van der Waals surface area contributed by atoms with Gasteiger partial charge in [-0.05, 0) is 68.2 Å². The second-order valence-electron chi connectivity index (χ2n) is 7.08. The Morgan fingerprint density at radius 3 is 2.82 bits per heavy atom. The van der Waals surface area contributed by atoms with Crippen molar-refractivity contribution in [2.45, 2.75) is 32.7 Å². The van der Waals surface area contributed by atoms with Gasteiger partial charge < -0.3 is 20.3 Å². The molecule has 1 aliphatic heterocycles. The molecular weight excluding hydrogens is 370 g/mol. The van der Waals surface area contributed by atoms with Crippen LogP contribution < -0.4 is 15.5 Å². The zero-order chi connectivity index (χ0) is 20.1. The number of anilines is 2. The maximum Gasteiger partial charge on any atom is 0.338 e. The fourth-order valence-electron chi connectivity index (χ4n) is 3.69. The normalized spacial score (nSPS) is 15.1. The molecule has 0 spiro atoms. The Bertz CT molecular complexity index is 869. The first-order valence-corrected chi connectivity index (χ1v) is 9.99. The van der Waals surface area contributed by atoms with Crippen molar-refractivity contribution >= 4 is 34.7 Å². The number of esters is 1. The Hall–Kier alpha value is -2.60. The molecule has 5 nitrogen and oxygen atoms in total. The summed E-state index contributed by atoms with van der Waals surface area (Å²) in [7, 11) is 1.38. The summed E-state index contributed by atoms with van der Waals surface area (Å²) in [6.07, 6.45) is 2.10. The van der Waals surface area contributed by atoms with Gasteiger partial charge in [0.15, 0.2) is 5.11 Å². The Morgan fingerprint density at radius 1 is 1.25 bits per heavy atom. The number of benzene rings is 2. The van der Waals surface area contributed by atoms with Crippen molar-refractivity contribution in [3.63, 3.8) is 0 Å². The van der Waals surface area contributed by atoms with Crippen molar-refractivity contribution in [3.05, 3.63) is 59.2 Å². The highest BCUT2D eigenvalue weighted by Gasteiger charge is 2.24. The molecule has 0 bridgehead atoms. The molecule has 2 N–H and O–H groups in total. The number of carbonyl (C=O) groups is 1. The lowest BCUT2D eigenvalue weighted by Gasteiger charge is -2.25. The molecule has 0 radical (unpaired) electrons. The van der Waals surface area contributed by atoms with Gasteiger partial charge in [-0.3, -0.25) is 0 Å². The first kappa shape index (κ1) is 20.1. The molecular formula is C22H27N3O2S. The largest absolute Gasteiger partial charge is 0.465 e. The average molecular weight is 398 g/mol. The lowest BCUT2D eigenvalue weighted by Crippen LogP contribution is -2.34. The molecule has 0 amide bonds. The number of thiocarbonyl (C=S) groups is 1. The maximum absolute atomic E-state index is 11.8. The molecule has 1 atom stereocenters. The molecule has 1 heterocycles. The second-order valence-corrected chi connectivity index (χ2v) is 7.49. The zero-order valence-electron chi connectivity index (χ0n) is 16.6. The molecule has 0 saturated carbocycles. The van der Waals surface area contributed by atoms with Gasteiger partial charge in [-0.25, -0.2) is 4.79 Å². The van der Waals surface area contributed by atoms with E-state index in [-0.39, 0.29) is 5.97 Å². The molecule has 1 aliphatic rings. The van der Waals surface area contributed by atoms with Gasteiger partial charge in [0.1, 0.15) is 0 Å². The van der Waals surface area contributed by atoms with E-state index >= 15 is 0 Å². The lowest BCUT2D eigenvalue weighted by molar-refractivity contribution is 0.0600. The zero-order valence-corrected chi connectivity index (χ0v) is 17.4. The highest BCUT2D eigenvalue weighted by atomic mass is 32.1. The quantitative estimate of drug-likeness (QED) is 0.438. The Balaban J connectivity index is 1.49. The van der Waals surface area contributed by atoms with Crippen LogP contribution in [0.2, 0.25) is 0 Å². The van der Waals surface area contributed by atoms with E-state index in [0.29, 0.717) is 16.7 Å². The van der Waals surface area contributed by atoms with Crippen molar-refractivity contribution in [1.29, 1.82) is 0 Å². The number of para-hydroxylation sites is 1. The van der Waals surface area contributed by atoms with E-state index in [0.717, 1.165) is 37.2 Å². The van der Waals surface area contributed by atoms with Crippen LogP contribution in [0.25, 0.3) is 0 Å². The molecule has 0 fully saturated rings. The summed E-state index contributed by atoms with van der Waals surface area (Å²) < 4.78 is 4.82. The van der Waals surface area contributed by atoms with E-state index < -0.39 is 0 Å². The predicted molar refractivity (Wildman–Crippen MR) is 118 cm³/mol. The van der Waals surface area contributed by atoms with Crippen molar-refractivity contribution in [2.24, 2.45) is 0 Å². The SMILES string of the molecule is COC(=O)c1cccc(NC(=S)NCCCN2c3ccccc3C[C@@H]2C)c1C. The smallest absolute Gasteiger partial charge is 0.338 e. The number of hydrogen-bond acceptors (Lipinski definition) is 4. The van der Waals surface area contributed by atoms with Crippen LogP contribution >= 0.6 is 12.2 Å². The highest BCUT2D eigenvalue weighted by Crippen LogP contribution is 2.31. The number of fused-ring (bicyclic) bond motifs is 1. The third kappa shape index (κ3) is 4.44. The number of ether oxygens (including phenoxy) is 1. The number of methoxy groups -OCH3 is 1. The van der Waals surface area contributed by atoms with Crippen molar-refractivity contribution in [2.75, 3.05) is 30.4 Å². The summed E-state index contributed by atoms with van der Waals surface area (Å²) in [6, 6.07) is 14.6. The van der Waals surface area contributed by atoms with Gasteiger partial charge in [0.2, 0.25) is 0 Å². The Kier molecular flexibility index (Phi) is 6.52. The fourth-order valence-corrected chi connectivity index (χ4v) is 3.90. The number of rotatable bonds is 6. The third-order valence-electron chi connectivity index (χ3n) is 5.20. The van der Waals surface area contributed by atoms with Gasteiger partial charge >= 0.3 is 5.97 Å². The van der Waals surface area contributed by atoms with Gasteiger partial charge in [0, 0.05) is 30.5 Å². The summed E-state index contributed by atoms with van der Waals surface area (Å²) in [5, 5.41) is 7.00. The van der Waals surface area contributed by atoms with Gasteiger partial charge in [-0.2, -0.15) is 0 Å². The predicted octanol–water partition coefficient (Wildman–Crippen LogP) is 3.91. The molecule has 3 rings (SSSR count). The molecule has 0 unspecified atom stereocenters. The molecule has 28 heavy (non-hydrogen) atoms. The average Bonchev–Trinajstić information content (AvgIpc) is 3.01. The van der Waals surface area contributed by atoms with E-state index in [2.05, 4.69) is 46.7 Å². The standard InChI is InChI=1S/C22H27N3O2S/c1-15-14-17-8-4-5-11-20(17)25(15)13-7-12-23-22(28)24-19-10-6-9-18(16(19)2)21(26)27-3/h4-6,8-11,15H,7,12-14H2,1-3H3,(H2,23,24,28)/t15-/m0/s1. The molecule has 2 aromatic rings. The van der Waals surface area contributed by atoms with Crippen molar-refractivity contribution in [3.8, 4) is 0 Å². The summed E-state index contributed by atoms with van der Waals surface area (Å²) in [4.78, 5) is 14.3. The summed E-state index contributed by atoms with van der Waals surface area (Å²) >= 11 is 5.42. The summed E-state index contributed by atoms with van der Waals surface area (Å²) in [6.45, 7) is 5.93. The minimum Gasteiger partial charge on any atom is -0.465 e. The monoisotopic (exact) mass is 397 g/mol. The second kappa shape index (κ2) is 9.06.